The van der Waals surface area contributed by atoms with Gasteiger partial charge in [0.15, 0.2) is 0 Å². The van der Waals surface area contributed by atoms with Crippen LogP contribution in [0.25, 0.3) is 10.8 Å². The van der Waals surface area contributed by atoms with E-state index in [9.17, 15) is 4.79 Å². The molecule has 104 valence electrons. The highest BCUT2D eigenvalue weighted by Gasteiger charge is 2.22. The number of carbonyl (C=O) groups is 1. The Bertz CT molecular complexity index is 597. The van der Waals surface area contributed by atoms with E-state index in [1.165, 1.54) is 16.3 Å². The number of hydrogen-bond acceptors (Lipinski definition) is 2. The molecule has 1 aliphatic rings. The van der Waals surface area contributed by atoms with Gasteiger partial charge in [0.25, 0.3) is 0 Å². The molecule has 0 radical (unpaired) electrons. The van der Waals surface area contributed by atoms with Gasteiger partial charge in [0, 0.05) is 13.2 Å². The van der Waals surface area contributed by atoms with Crippen LogP contribution in [-0.4, -0.2) is 25.2 Å². The van der Waals surface area contributed by atoms with Crippen LogP contribution in [0, 0.1) is 0 Å². The van der Waals surface area contributed by atoms with Gasteiger partial charge < -0.3 is 10.1 Å². The second kappa shape index (κ2) is 6.06. The van der Waals surface area contributed by atoms with E-state index in [1.807, 2.05) is 6.07 Å². The van der Waals surface area contributed by atoms with Crippen molar-refractivity contribution in [1.82, 2.24) is 5.32 Å². The van der Waals surface area contributed by atoms with Gasteiger partial charge in [0.2, 0.25) is 5.91 Å². The molecule has 1 unspecified atom stereocenters. The first kappa shape index (κ1) is 13.1. The molecule has 0 spiro atoms. The second-order valence-electron chi connectivity index (χ2n) is 5.18. The molecular formula is C17H19NO2. The third-order valence-electron chi connectivity index (χ3n) is 3.80. The maximum atomic E-state index is 11.9. The molecule has 0 aliphatic carbocycles. The highest BCUT2D eigenvalue weighted by Crippen LogP contribution is 2.18. The first-order valence-corrected chi connectivity index (χ1v) is 7.20. The minimum atomic E-state index is -0.234. The summed E-state index contributed by atoms with van der Waals surface area (Å²) < 4.78 is 5.38. The number of nitrogens with one attached hydrogen (secondary N) is 1. The molecule has 0 bridgehead atoms. The predicted octanol–water partition coefficient (Wildman–Crippen LogP) is 2.68. The minimum absolute atomic E-state index is 0.0303. The average Bonchev–Trinajstić information content (AvgIpc) is 3.02. The average molecular weight is 269 g/mol. The fourth-order valence-corrected chi connectivity index (χ4v) is 2.73. The maximum absolute atomic E-state index is 11.9. The van der Waals surface area contributed by atoms with Crippen LogP contribution >= 0.6 is 0 Å². The fourth-order valence-electron chi connectivity index (χ4n) is 2.73. The van der Waals surface area contributed by atoms with Gasteiger partial charge in [0.05, 0.1) is 0 Å². The lowest BCUT2D eigenvalue weighted by Crippen LogP contribution is -2.35. The van der Waals surface area contributed by atoms with Crippen LogP contribution in [0.2, 0.25) is 0 Å². The van der Waals surface area contributed by atoms with E-state index in [0.29, 0.717) is 13.2 Å². The van der Waals surface area contributed by atoms with Crippen molar-refractivity contribution in [1.29, 1.82) is 0 Å². The van der Waals surface area contributed by atoms with Crippen molar-refractivity contribution in [3.63, 3.8) is 0 Å². The number of ether oxygens (including phenoxy) is 1. The molecule has 0 saturated carbocycles. The molecule has 1 fully saturated rings. The normalized spacial score (nSPS) is 18.3. The van der Waals surface area contributed by atoms with Crippen LogP contribution in [-0.2, 0) is 16.0 Å². The lowest BCUT2D eigenvalue weighted by molar-refractivity contribution is -0.129. The zero-order valence-corrected chi connectivity index (χ0v) is 11.5. The molecular weight excluding hydrogens is 250 g/mol. The van der Waals surface area contributed by atoms with Crippen molar-refractivity contribution in [2.24, 2.45) is 0 Å². The highest BCUT2D eigenvalue weighted by molar-refractivity contribution is 5.85. The summed E-state index contributed by atoms with van der Waals surface area (Å²) in [4.78, 5) is 11.9. The van der Waals surface area contributed by atoms with Crippen molar-refractivity contribution < 1.29 is 9.53 Å². The van der Waals surface area contributed by atoms with Crippen LogP contribution < -0.4 is 5.32 Å². The zero-order valence-electron chi connectivity index (χ0n) is 11.5. The molecule has 1 heterocycles. The van der Waals surface area contributed by atoms with Gasteiger partial charge in [0.1, 0.15) is 6.10 Å². The number of rotatable bonds is 4. The molecule has 0 aromatic heterocycles. The van der Waals surface area contributed by atoms with E-state index < -0.39 is 0 Å². The predicted molar refractivity (Wildman–Crippen MR) is 79.6 cm³/mol. The van der Waals surface area contributed by atoms with Crippen LogP contribution in [0.3, 0.4) is 0 Å². The lowest BCUT2D eigenvalue weighted by Gasteiger charge is -2.11. The van der Waals surface area contributed by atoms with Crippen molar-refractivity contribution in [2.75, 3.05) is 13.2 Å². The van der Waals surface area contributed by atoms with Crippen LogP contribution in [0.15, 0.2) is 42.5 Å². The van der Waals surface area contributed by atoms with Crippen molar-refractivity contribution in [2.45, 2.75) is 25.4 Å². The Morgan fingerprint density at radius 3 is 2.90 bits per heavy atom. The molecule has 1 N–H and O–H groups in total. The summed E-state index contributed by atoms with van der Waals surface area (Å²) in [6.07, 6.45) is 2.45. The summed E-state index contributed by atoms with van der Waals surface area (Å²) in [5, 5.41) is 5.48. The molecule has 2 aromatic carbocycles. The standard InChI is InChI=1S/C17H19NO2/c19-17(16-9-4-12-20-16)18-11-10-14-7-3-6-13-5-1-2-8-15(13)14/h1-3,5-8,16H,4,9-12H2,(H,18,19). The van der Waals surface area contributed by atoms with Crippen LogP contribution in [0.5, 0.6) is 0 Å². The Hall–Kier alpha value is -1.87. The van der Waals surface area contributed by atoms with Crippen molar-refractivity contribution in [3.05, 3.63) is 48.0 Å². The fraction of sp³-hybridized carbons (Fsp3) is 0.353. The third-order valence-corrected chi connectivity index (χ3v) is 3.80. The summed E-state index contributed by atoms with van der Waals surface area (Å²) >= 11 is 0. The lowest BCUT2D eigenvalue weighted by atomic mass is 10.0. The van der Waals surface area contributed by atoms with E-state index in [-0.39, 0.29) is 12.0 Å². The molecule has 2 aromatic rings. The quantitative estimate of drug-likeness (QED) is 0.926. The van der Waals surface area contributed by atoms with E-state index in [2.05, 4.69) is 41.7 Å². The topological polar surface area (TPSA) is 38.3 Å². The number of amides is 1. The molecule has 3 nitrogen and oxygen atoms in total. The summed E-state index contributed by atoms with van der Waals surface area (Å²) in [5.74, 6) is 0.0303. The van der Waals surface area contributed by atoms with Crippen LogP contribution in [0.1, 0.15) is 18.4 Å². The second-order valence-corrected chi connectivity index (χ2v) is 5.18. The molecule has 1 amide bonds. The maximum Gasteiger partial charge on any atom is 0.249 e. The molecule has 1 aliphatic heterocycles. The van der Waals surface area contributed by atoms with Gasteiger partial charge in [-0.3, -0.25) is 4.79 Å². The van der Waals surface area contributed by atoms with E-state index in [4.69, 9.17) is 4.74 Å². The van der Waals surface area contributed by atoms with Gasteiger partial charge in [-0.15, -0.1) is 0 Å². The van der Waals surface area contributed by atoms with Gasteiger partial charge in [-0.1, -0.05) is 42.5 Å². The largest absolute Gasteiger partial charge is 0.368 e. The molecule has 1 saturated heterocycles. The Kier molecular flexibility index (Phi) is 3.97. The van der Waals surface area contributed by atoms with Crippen molar-refractivity contribution >= 4 is 16.7 Å². The summed E-state index contributed by atoms with van der Waals surface area (Å²) in [5.41, 5.74) is 1.27. The number of carbonyl (C=O) groups excluding carboxylic acids is 1. The van der Waals surface area contributed by atoms with Gasteiger partial charge in [-0.2, -0.15) is 0 Å². The Balaban J connectivity index is 1.61. The third kappa shape index (κ3) is 2.83. The zero-order chi connectivity index (χ0) is 13.8. The molecule has 1 atom stereocenters. The van der Waals surface area contributed by atoms with E-state index >= 15 is 0 Å². The molecule has 3 heteroatoms. The van der Waals surface area contributed by atoms with Gasteiger partial charge in [-0.25, -0.2) is 0 Å². The van der Waals surface area contributed by atoms with Gasteiger partial charge in [-0.05, 0) is 35.6 Å². The minimum Gasteiger partial charge on any atom is -0.368 e. The van der Waals surface area contributed by atoms with E-state index in [0.717, 1.165) is 19.3 Å². The first-order chi connectivity index (χ1) is 9.84. The Morgan fingerprint density at radius 1 is 1.20 bits per heavy atom. The number of fused-ring (bicyclic) bond motifs is 1. The summed E-state index contributed by atoms with van der Waals surface area (Å²) in [6.45, 7) is 1.37. The Labute approximate surface area is 118 Å². The number of hydrogen-bond donors (Lipinski definition) is 1. The SMILES string of the molecule is O=C(NCCc1cccc2ccccc12)C1CCCO1. The smallest absolute Gasteiger partial charge is 0.249 e. The van der Waals surface area contributed by atoms with Crippen LogP contribution in [0.4, 0.5) is 0 Å². The highest BCUT2D eigenvalue weighted by atomic mass is 16.5. The van der Waals surface area contributed by atoms with Gasteiger partial charge >= 0.3 is 0 Å². The van der Waals surface area contributed by atoms with Crippen molar-refractivity contribution in [3.8, 4) is 0 Å². The summed E-state index contributed by atoms with van der Waals surface area (Å²) in [6, 6.07) is 14.7. The monoisotopic (exact) mass is 269 g/mol. The molecule has 3 rings (SSSR count). The summed E-state index contributed by atoms with van der Waals surface area (Å²) in [7, 11) is 0. The molecule has 20 heavy (non-hydrogen) atoms. The first-order valence-electron chi connectivity index (χ1n) is 7.20. The number of benzene rings is 2. The Morgan fingerprint density at radius 2 is 2.05 bits per heavy atom. The van der Waals surface area contributed by atoms with E-state index in [1.54, 1.807) is 0 Å².